The normalized spacial score (nSPS) is 13.3. The van der Waals surface area contributed by atoms with Gasteiger partial charge in [-0.25, -0.2) is 0 Å². The quantitative estimate of drug-likeness (QED) is 0.469. The summed E-state index contributed by atoms with van der Waals surface area (Å²) >= 11 is 2.50. The highest BCUT2D eigenvalue weighted by molar-refractivity contribution is 14.2. The second-order valence-corrected chi connectivity index (χ2v) is 12.7. The van der Waals surface area contributed by atoms with Gasteiger partial charge in [0.15, 0.2) is 0 Å². The molecule has 0 aliphatic heterocycles. The lowest BCUT2D eigenvalue weighted by molar-refractivity contribution is 0.874. The van der Waals surface area contributed by atoms with E-state index in [2.05, 4.69) is 49.3 Å². The average molecular weight is 320 g/mol. The van der Waals surface area contributed by atoms with Crippen molar-refractivity contribution in [1.82, 2.24) is 0 Å². The molecule has 0 aromatic rings. The van der Waals surface area contributed by atoms with Gasteiger partial charge in [0.05, 0.1) is 0 Å². The van der Waals surface area contributed by atoms with Gasteiger partial charge in [-0.2, -0.15) is 9.06 Å². The Hall–Kier alpha value is 1.43. The molecule has 0 atom stereocenters. The highest BCUT2D eigenvalue weighted by Gasteiger charge is 2.15. The molecule has 3 heteroatoms. The highest BCUT2D eigenvalue weighted by Crippen LogP contribution is 2.61. The molecule has 76 valence electrons. The van der Waals surface area contributed by atoms with E-state index >= 15 is 0 Å². The summed E-state index contributed by atoms with van der Waals surface area (Å²) in [5, 5.41) is 0. The first-order valence-corrected chi connectivity index (χ1v) is 11.0. The molecule has 0 radical (unpaired) electrons. The molecule has 0 bridgehead atoms. The van der Waals surface area contributed by atoms with Gasteiger partial charge in [-0.05, 0) is 38.6 Å². The number of rotatable bonds is 7. The zero-order valence-corrected chi connectivity index (χ0v) is 12.2. The first kappa shape index (κ1) is 13.4. The minimum absolute atomic E-state index is 0.298. The van der Waals surface area contributed by atoms with E-state index in [0.29, 0.717) is 0 Å². The van der Waals surface area contributed by atoms with E-state index in [-0.39, 0.29) is 9.06 Å². The Labute approximate surface area is 95.0 Å². The lowest BCUT2D eigenvalue weighted by Crippen LogP contribution is -2.02. The molecule has 0 saturated carbocycles. The molecule has 0 aliphatic carbocycles. The number of halogens is 1. The van der Waals surface area contributed by atoms with E-state index in [1.807, 2.05) is 0 Å². The SMILES string of the molecule is CCCCS(C)(CCCC)SI. The molecule has 0 rings (SSSR count). The molecular weight excluding hydrogens is 299 g/mol. The van der Waals surface area contributed by atoms with Crippen LogP contribution in [0.1, 0.15) is 39.5 Å². The van der Waals surface area contributed by atoms with E-state index in [1.54, 1.807) is 0 Å². The molecule has 0 spiro atoms. The van der Waals surface area contributed by atoms with E-state index in [1.165, 1.54) is 37.2 Å². The fourth-order valence-corrected chi connectivity index (χ4v) is 7.51. The van der Waals surface area contributed by atoms with Crippen LogP contribution in [0.15, 0.2) is 0 Å². The molecule has 0 N–H and O–H groups in total. The van der Waals surface area contributed by atoms with Gasteiger partial charge in [0.25, 0.3) is 0 Å². The number of hydrogen-bond donors (Lipinski definition) is 0. The predicted octanol–water partition coefficient (Wildman–Crippen LogP) is 5.02. The fraction of sp³-hybridized carbons (Fsp3) is 1.00. The summed E-state index contributed by atoms with van der Waals surface area (Å²) < 4.78 is 0. The lowest BCUT2D eigenvalue weighted by Gasteiger charge is -2.32. The van der Waals surface area contributed by atoms with Gasteiger partial charge >= 0.3 is 0 Å². The summed E-state index contributed by atoms with van der Waals surface area (Å²) in [6.07, 6.45) is 8.05. The molecule has 0 amide bonds. The van der Waals surface area contributed by atoms with Crippen LogP contribution in [0.4, 0.5) is 0 Å². The zero-order chi connectivity index (χ0) is 9.45. The Kier molecular flexibility index (Phi) is 8.73. The zero-order valence-electron chi connectivity index (χ0n) is 8.44. The summed E-state index contributed by atoms with van der Waals surface area (Å²) in [7, 11) is 1.81. The van der Waals surface area contributed by atoms with Crippen LogP contribution in [0.3, 0.4) is 0 Å². The van der Waals surface area contributed by atoms with E-state index in [9.17, 15) is 0 Å². The van der Waals surface area contributed by atoms with Crippen molar-refractivity contribution in [2.45, 2.75) is 39.5 Å². The van der Waals surface area contributed by atoms with Crippen molar-refractivity contribution in [3.05, 3.63) is 0 Å². The maximum atomic E-state index is 2.50. The summed E-state index contributed by atoms with van der Waals surface area (Å²) in [6, 6.07) is 0. The summed E-state index contributed by atoms with van der Waals surface area (Å²) in [6.45, 7) is 4.58. The van der Waals surface area contributed by atoms with Crippen molar-refractivity contribution < 1.29 is 0 Å². The predicted molar refractivity (Wildman–Crippen MR) is 74.7 cm³/mol. The van der Waals surface area contributed by atoms with Crippen LogP contribution in [0.25, 0.3) is 0 Å². The van der Waals surface area contributed by atoms with Gasteiger partial charge in [-0.15, -0.1) is 0 Å². The summed E-state index contributed by atoms with van der Waals surface area (Å²) in [4.78, 5) is 0. The topological polar surface area (TPSA) is 0 Å². The van der Waals surface area contributed by atoms with Crippen LogP contribution in [-0.4, -0.2) is 17.8 Å². The van der Waals surface area contributed by atoms with Crippen molar-refractivity contribution in [1.29, 1.82) is 0 Å². The molecule has 0 saturated heterocycles. The first-order chi connectivity index (χ1) is 5.68. The van der Waals surface area contributed by atoms with Gasteiger partial charge in [0, 0.05) is 21.2 Å². The number of hydrogen-bond acceptors (Lipinski definition) is 1. The molecule has 0 aromatic carbocycles. The standard InChI is InChI=1S/C9H21IS2/c1-4-6-8-12(3,11-10)9-7-5-2/h4-9H2,1-3H3. The van der Waals surface area contributed by atoms with Crippen molar-refractivity contribution >= 4 is 38.2 Å². The van der Waals surface area contributed by atoms with Crippen LogP contribution in [-0.2, 0) is 0 Å². The Morgan fingerprint density at radius 1 is 1.08 bits per heavy atom. The van der Waals surface area contributed by atoms with Crippen LogP contribution in [0, 0.1) is 0 Å². The van der Waals surface area contributed by atoms with Gasteiger partial charge in [-0.3, -0.25) is 0 Å². The fourth-order valence-electron chi connectivity index (χ4n) is 1.06. The Morgan fingerprint density at radius 2 is 1.50 bits per heavy atom. The third-order valence-corrected chi connectivity index (χ3v) is 14.3. The second-order valence-electron chi connectivity index (χ2n) is 3.36. The molecule has 0 unspecified atom stereocenters. The first-order valence-electron chi connectivity index (χ1n) is 4.72. The Balaban J connectivity index is 3.70. The average Bonchev–Trinajstić information content (AvgIpc) is 2.11. The largest absolute Gasteiger partial charge is 0.186 e. The van der Waals surface area contributed by atoms with Crippen molar-refractivity contribution in [3.8, 4) is 0 Å². The monoisotopic (exact) mass is 320 g/mol. The molecule has 0 aliphatic rings. The maximum absolute atomic E-state index is 2.50. The maximum Gasteiger partial charge on any atom is 0.00689 e. The minimum Gasteiger partial charge on any atom is -0.186 e. The van der Waals surface area contributed by atoms with E-state index in [0.717, 1.165) is 0 Å². The van der Waals surface area contributed by atoms with Gasteiger partial charge in [0.2, 0.25) is 0 Å². The van der Waals surface area contributed by atoms with E-state index < -0.39 is 0 Å². The molecule has 0 aromatic heterocycles. The number of unbranched alkanes of at least 4 members (excludes halogenated alkanes) is 2. The van der Waals surface area contributed by atoms with Crippen molar-refractivity contribution in [3.63, 3.8) is 0 Å². The molecule has 0 nitrogen and oxygen atoms in total. The van der Waals surface area contributed by atoms with Crippen LogP contribution in [0.5, 0.6) is 0 Å². The third kappa shape index (κ3) is 5.97. The second kappa shape index (κ2) is 7.80. The Bertz CT molecular complexity index is 98.7. The third-order valence-electron chi connectivity index (χ3n) is 2.01. The van der Waals surface area contributed by atoms with Gasteiger partial charge in [0.1, 0.15) is 0 Å². The van der Waals surface area contributed by atoms with E-state index in [4.69, 9.17) is 0 Å². The van der Waals surface area contributed by atoms with Crippen LogP contribution in [0.2, 0.25) is 0 Å². The minimum atomic E-state index is -0.298. The van der Waals surface area contributed by atoms with Crippen LogP contribution < -0.4 is 0 Å². The molecule has 0 heterocycles. The summed E-state index contributed by atoms with van der Waals surface area (Å²) in [5.74, 6) is 2.94. The van der Waals surface area contributed by atoms with Gasteiger partial charge < -0.3 is 0 Å². The highest BCUT2D eigenvalue weighted by atomic mass is 127. The van der Waals surface area contributed by atoms with Crippen molar-refractivity contribution in [2.75, 3.05) is 17.8 Å². The lowest BCUT2D eigenvalue weighted by atomic mass is 10.4. The Morgan fingerprint density at radius 3 is 1.75 bits per heavy atom. The van der Waals surface area contributed by atoms with Crippen molar-refractivity contribution in [2.24, 2.45) is 0 Å². The smallest absolute Gasteiger partial charge is 0.00689 e. The molecule has 12 heavy (non-hydrogen) atoms. The molecular formula is C9H21IS2. The van der Waals surface area contributed by atoms with Crippen LogP contribution >= 0.6 is 38.2 Å². The summed E-state index contributed by atoms with van der Waals surface area (Å²) in [5.41, 5.74) is 0. The molecule has 0 fully saturated rings. The van der Waals surface area contributed by atoms with Gasteiger partial charge in [-0.1, -0.05) is 26.7 Å².